The van der Waals surface area contributed by atoms with Crippen LogP contribution in [0.5, 0.6) is 11.5 Å². The summed E-state index contributed by atoms with van der Waals surface area (Å²) in [6, 6.07) is 14.1. The van der Waals surface area contributed by atoms with Gasteiger partial charge in [0.15, 0.2) is 0 Å². The van der Waals surface area contributed by atoms with Gasteiger partial charge in [0.25, 0.3) is 5.91 Å². The molecule has 0 fully saturated rings. The van der Waals surface area contributed by atoms with Gasteiger partial charge in [-0.05, 0) is 56.5 Å². The molecular formula is C30H28FN7O3. The Balaban J connectivity index is 1.34. The molecule has 0 atom stereocenters. The lowest BCUT2D eigenvalue weighted by Gasteiger charge is -2.18. The van der Waals surface area contributed by atoms with Crippen LogP contribution in [0.1, 0.15) is 31.3 Å². The number of carbonyl (C=O) groups is 2. The number of hydrogen-bond acceptors (Lipinski definition) is 6. The molecule has 11 heteroatoms. The lowest BCUT2D eigenvalue weighted by atomic mass is 10.1. The van der Waals surface area contributed by atoms with Crippen LogP contribution in [-0.2, 0) is 5.54 Å². The van der Waals surface area contributed by atoms with Gasteiger partial charge in [-0.2, -0.15) is 5.10 Å². The predicted molar refractivity (Wildman–Crippen MR) is 155 cm³/mol. The maximum absolute atomic E-state index is 14.9. The number of pyridine rings is 2. The largest absolute Gasteiger partial charge is 0.457 e. The van der Waals surface area contributed by atoms with E-state index in [1.807, 2.05) is 45.0 Å². The summed E-state index contributed by atoms with van der Waals surface area (Å²) < 4.78 is 22.4. The summed E-state index contributed by atoms with van der Waals surface area (Å²) in [6.07, 6.45) is 6.67. The van der Waals surface area contributed by atoms with Crippen molar-refractivity contribution >= 4 is 34.1 Å². The average Bonchev–Trinajstić information content (AvgIpc) is 3.38. The molecule has 208 valence electrons. The predicted octanol–water partition coefficient (Wildman–Crippen LogP) is 6.18. The third-order valence-electron chi connectivity index (χ3n) is 6.18. The summed E-state index contributed by atoms with van der Waals surface area (Å²) in [7, 11) is 1.49. The molecule has 2 aromatic carbocycles. The molecule has 41 heavy (non-hydrogen) atoms. The first-order valence-electron chi connectivity index (χ1n) is 12.8. The molecule has 3 amide bonds. The number of nitrogens with one attached hydrogen (secondary N) is 3. The van der Waals surface area contributed by atoms with E-state index < -0.39 is 11.8 Å². The zero-order chi connectivity index (χ0) is 29.1. The van der Waals surface area contributed by atoms with Crippen LogP contribution < -0.4 is 20.7 Å². The highest BCUT2D eigenvalue weighted by Crippen LogP contribution is 2.32. The second-order valence-electron chi connectivity index (χ2n) is 10.2. The van der Waals surface area contributed by atoms with E-state index in [1.54, 1.807) is 29.3 Å². The number of nitrogens with zero attached hydrogens (tertiary/aromatic N) is 4. The Morgan fingerprint density at radius 2 is 1.68 bits per heavy atom. The van der Waals surface area contributed by atoms with Crippen LogP contribution in [0, 0.1) is 5.82 Å². The van der Waals surface area contributed by atoms with Crippen LogP contribution in [0.15, 0.2) is 79.4 Å². The van der Waals surface area contributed by atoms with E-state index in [1.165, 1.54) is 31.4 Å². The molecule has 3 N–H and O–H groups in total. The summed E-state index contributed by atoms with van der Waals surface area (Å²) in [5.74, 6) is -0.583. The zero-order valence-electron chi connectivity index (χ0n) is 22.9. The van der Waals surface area contributed by atoms with E-state index in [-0.39, 0.29) is 28.6 Å². The van der Waals surface area contributed by atoms with Crippen molar-refractivity contribution in [3.8, 4) is 22.8 Å². The number of anilines is 2. The molecule has 0 spiro atoms. The van der Waals surface area contributed by atoms with Gasteiger partial charge >= 0.3 is 6.03 Å². The van der Waals surface area contributed by atoms with E-state index in [2.05, 4.69) is 25.9 Å². The van der Waals surface area contributed by atoms with Crippen molar-refractivity contribution in [2.75, 3.05) is 17.7 Å². The van der Waals surface area contributed by atoms with E-state index in [4.69, 9.17) is 9.84 Å². The van der Waals surface area contributed by atoms with E-state index in [0.29, 0.717) is 17.1 Å². The van der Waals surface area contributed by atoms with Gasteiger partial charge in [0.2, 0.25) is 0 Å². The van der Waals surface area contributed by atoms with Crippen molar-refractivity contribution in [3.63, 3.8) is 0 Å². The van der Waals surface area contributed by atoms with E-state index >= 15 is 0 Å². The number of urea groups is 1. The van der Waals surface area contributed by atoms with Crippen molar-refractivity contribution < 1.29 is 18.7 Å². The zero-order valence-corrected chi connectivity index (χ0v) is 22.9. The fourth-order valence-electron chi connectivity index (χ4n) is 4.05. The van der Waals surface area contributed by atoms with Gasteiger partial charge in [0.1, 0.15) is 28.7 Å². The highest BCUT2D eigenvalue weighted by atomic mass is 19.1. The Morgan fingerprint density at radius 3 is 2.44 bits per heavy atom. The number of halogens is 1. The Morgan fingerprint density at radius 1 is 0.902 bits per heavy atom. The molecule has 0 aliphatic rings. The molecule has 0 radical (unpaired) electrons. The number of fused-ring (bicyclic) bond motifs is 1. The molecule has 5 rings (SSSR count). The van der Waals surface area contributed by atoms with E-state index in [9.17, 15) is 14.0 Å². The molecule has 3 heterocycles. The minimum Gasteiger partial charge on any atom is -0.457 e. The van der Waals surface area contributed by atoms with Crippen molar-refractivity contribution in [2.45, 2.75) is 26.3 Å². The maximum atomic E-state index is 14.9. The quantitative estimate of drug-likeness (QED) is 0.231. The smallest absolute Gasteiger partial charge is 0.323 e. The summed E-state index contributed by atoms with van der Waals surface area (Å²) in [5.41, 5.74) is 1.63. The maximum Gasteiger partial charge on any atom is 0.323 e. The molecule has 0 bridgehead atoms. The lowest BCUT2D eigenvalue weighted by molar-refractivity contribution is 0.0957. The molecule has 5 aromatic rings. The third kappa shape index (κ3) is 6.14. The van der Waals surface area contributed by atoms with Crippen LogP contribution in [0.2, 0.25) is 0 Å². The van der Waals surface area contributed by atoms with Gasteiger partial charge in [-0.25, -0.2) is 9.18 Å². The van der Waals surface area contributed by atoms with Crippen molar-refractivity contribution in [2.24, 2.45) is 0 Å². The number of aromatic nitrogens is 4. The molecule has 3 aromatic heterocycles. The molecule has 0 saturated carbocycles. The van der Waals surface area contributed by atoms with Crippen LogP contribution in [-0.4, -0.2) is 38.7 Å². The summed E-state index contributed by atoms with van der Waals surface area (Å²) in [6.45, 7) is 6.01. The number of amides is 3. The van der Waals surface area contributed by atoms with Gasteiger partial charge in [-0.15, -0.1) is 0 Å². The van der Waals surface area contributed by atoms with Gasteiger partial charge in [0.05, 0.1) is 16.9 Å². The number of rotatable bonds is 6. The number of carbonyl (C=O) groups excluding carboxylic acids is 2. The van der Waals surface area contributed by atoms with Crippen molar-refractivity contribution in [1.29, 1.82) is 0 Å². The Hall–Kier alpha value is -5.32. The van der Waals surface area contributed by atoms with E-state index in [0.717, 1.165) is 22.4 Å². The third-order valence-corrected chi connectivity index (χ3v) is 6.18. The molecule has 0 aliphatic heterocycles. The highest BCUT2D eigenvalue weighted by Gasteiger charge is 2.21. The Kier molecular flexibility index (Phi) is 7.34. The van der Waals surface area contributed by atoms with Gasteiger partial charge < -0.3 is 20.7 Å². The Labute approximate surface area is 235 Å². The topological polar surface area (TPSA) is 123 Å². The number of benzene rings is 2. The first-order valence-corrected chi connectivity index (χ1v) is 12.8. The monoisotopic (exact) mass is 553 g/mol. The van der Waals surface area contributed by atoms with Gasteiger partial charge in [-0.3, -0.25) is 19.4 Å². The number of hydrogen-bond donors (Lipinski definition) is 3. The number of ether oxygens (including phenoxy) is 1. The van der Waals surface area contributed by atoms with Gasteiger partial charge in [0, 0.05) is 54.9 Å². The molecular weight excluding hydrogens is 525 g/mol. The minimum absolute atomic E-state index is 0.0430. The molecule has 0 saturated heterocycles. The summed E-state index contributed by atoms with van der Waals surface area (Å²) >= 11 is 0. The normalized spacial score (nSPS) is 11.2. The van der Waals surface area contributed by atoms with Crippen LogP contribution in [0.3, 0.4) is 0 Å². The molecule has 0 unspecified atom stereocenters. The SMILES string of the molecule is CNC(=O)c1cc(Oc2ccc(NC(=O)Nc3cn(C(C)(C)C)nc3-c3ccc4cnccc4c3)c(F)c2)ccn1. The van der Waals surface area contributed by atoms with Crippen molar-refractivity contribution in [1.82, 2.24) is 25.1 Å². The standard InChI is InChI=1S/C30H28FN7O3/c1-30(2,3)38-17-26(27(37-38)19-5-6-20-16-33-11-9-18(20)13-19)36-29(40)35-24-8-7-21(14-23(24)31)41-22-10-12-34-25(15-22)28(39)32-4/h5-17H,1-4H3,(H,32,39)(H2,35,36,40). The molecule has 0 aliphatic carbocycles. The highest BCUT2D eigenvalue weighted by molar-refractivity contribution is 6.02. The first-order chi connectivity index (χ1) is 19.6. The Bertz CT molecular complexity index is 1760. The second-order valence-corrected chi connectivity index (χ2v) is 10.2. The fourth-order valence-corrected chi connectivity index (χ4v) is 4.05. The minimum atomic E-state index is -0.702. The molecule has 10 nitrogen and oxygen atoms in total. The fraction of sp³-hybridized carbons (Fsp3) is 0.167. The van der Waals surface area contributed by atoms with Crippen molar-refractivity contribution in [3.05, 3.63) is 90.9 Å². The lowest BCUT2D eigenvalue weighted by Crippen LogP contribution is -2.22. The first kappa shape index (κ1) is 27.3. The van der Waals surface area contributed by atoms with Crippen LogP contribution in [0.25, 0.3) is 22.0 Å². The average molecular weight is 554 g/mol. The summed E-state index contributed by atoms with van der Waals surface area (Å²) in [5, 5.41) is 14.6. The summed E-state index contributed by atoms with van der Waals surface area (Å²) in [4.78, 5) is 32.9. The van der Waals surface area contributed by atoms with Crippen LogP contribution >= 0.6 is 0 Å². The second kappa shape index (κ2) is 11.0. The van der Waals surface area contributed by atoms with Crippen LogP contribution in [0.4, 0.5) is 20.6 Å². The van der Waals surface area contributed by atoms with Gasteiger partial charge in [-0.1, -0.05) is 12.1 Å².